The summed E-state index contributed by atoms with van der Waals surface area (Å²) in [6, 6.07) is 5.69. The second kappa shape index (κ2) is 4.68. The van der Waals surface area contributed by atoms with Crippen molar-refractivity contribution in [3.8, 4) is 0 Å². The van der Waals surface area contributed by atoms with Crippen LogP contribution in [0.15, 0.2) is 24.5 Å². The van der Waals surface area contributed by atoms with E-state index >= 15 is 0 Å². The third-order valence-electron chi connectivity index (χ3n) is 4.20. The number of imidazole rings is 1. The Morgan fingerprint density at radius 2 is 2.05 bits per heavy atom. The van der Waals surface area contributed by atoms with Crippen LogP contribution in [0.25, 0.3) is 11.0 Å². The first-order valence-corrected chi connectivity index (χ1v) is 6.85. The van der Waals surface area contributed by atoms with Crippen molar-refractivity contribution in [3.05, 3.63) is 30.1 Å². The van der Waals surface area contributed by atoms with Gasteiger partial charge in [0.2, 0.25) is 0 Å². The lowest BCUT2D eigenvalue weighted by Crippen LogP contribution is -2.17. The van der Waals surface area contributed by atoms with Crippen LogP contribution in [0.4, 0.5) is 0 Å². The number of carboxylic acids is 1. The molecule has 0 spiro atoms. The normalized spacial score (nSPS) is 23.6. The van der Waals surface area contributed by atoms with Gasteiger partial charge in [-0.05, 0) is 43.7 Å². The van der Waals surface area contributed by atoms with Crippen molar-refractivity contribution in [2.45, 2.75) is 38.6 Å². The molecule has 4 heteroatoms. The van der Waals surface area contributed by atoms with Crippen LogP contribution in [-0.4, -0.2) is 20.6 Å². The number of nitrogens with zero attached hydrogens (tertiary/aromatic N) is 2. The molecule has 0 aliphatic heterocycles. The van der Waals surface area contributed by atoms with Gasteiger partial charge in [-0.15, -0.1) is 0 Å². The van der Waals surface area contributed by atoms with Crippen molar-refractivity contribution >= 4 is 17.0 Å². The van der Waals surface area contributed by atoms with E-state index < -0.39 is 5.97 Å². The first-order chi connectivity index (χ1) is 9.16. The summed E-state index contributed by atoms with van der Waals surface area (Å²) in [4.78, 5) is 15.7. The van der Waals surface area contributed by atoms with Gasteiger partial charge in [0.1, 0.15) is 0 Å². The second-order valence-electron chi connectivity index (χ2n) is 5.54. The summed E-state index contributed by atoms with van der Waals surface area (Å²) in [5, 5.41) is 9.32. The zero-order valence-corrected chi connectivity index (χ0v) is 11.0. The van der Waals surface area contributed by atoms with Crippen molar-refractivity contribution in [1.82, 2.24) is 9.55 Å². The molecule has 0 amide bonds. The standard InChI is InChI=1S/C15H18N2O2/c1-10-5-7-11(8-6-10)17-9-16-13-4-2-3-12(14(13)17)15(18)19/h2-4,9-11H,5-8H2,1H3,(H,18,19). The van der Waals surface area contributed by atoms with Crippen LogP contribution in [-0.2, 0) is 0 Å². The molecule has 1 N–H and O–H groups in total. The molecule has 19 heavy (non-hydrogen) atoms. The average Bonchev–Trinajstić information content (AvgIpc) is 2.83. The summed E-state index contributed by atoms with van der Waals surface area (Å²) < 4.78 is 2.07. The highest BCUT2D eigenvalue weighted by Gasteiger charge is 2.23. The van der Waals surface area contributed by atoms with Gasteiger partial charge in [0.15, 0.2) is 0 Å². The fourth-order valence-electron chi connectivity index (χ4n) is 3.06. The van der Waals surface area contributed by atoms with Gasteiger partial charge in [-0.3, -0.25) is 0 Å². The Bertz CT molecular complexity index is 610. The number of hydrogen-bond acceptors (Lipinski definition) is 2. The van der Waals surface area contributed by atoms with E-state index in [1.807, 2.05) is 6.07 Å². The van der Waals surface area contributed by atoms with Crippen LogP contribution < -0.4 is 0 Å². The number of fused-ring (bicyclic) bond motifs is 1. The number of para-hydroxylation sites is 1. The van der Waals surface area contributed by atoms with Gasteiger partial charge in [-0.25, -0.2) is 9.78 Å². The molecule has 1 aliphatic rings. The van der Waals surface area contributed by atoms with Crippen molar-refractivity contribution in [1.29, 1.82) is 0 Å². The first kappa shape index (κ1) is 12.2. The van der Waals surface area contributed by atoms with E-state index in [-0.39, 0.29) is 0 Å². The van der Waals surface area contributed by atoms with Crippen LogP contribution in [0, 0.1) is 5.92 Å². The maximum absolute atomic E-state index is 11.4. The monoisotopic (exact) mass is 258 g/mol. The zero-order chi connectivity index (χ0) is 13.4. The molecular weight excluding hydrogens is 240 g/mol. The highest BCUT2D eigenvalue weighted by Crippen LogP contribution is 2.34. The number of hydrogen-bond donors (Lipinski definition) is 1. The number of carboxylic acid groups (broad SMARTS) is 1. The molecule has 2 aromatic rings. The molecule has 3 rings (SSSR count). The average molecular weight is 258 g/mol. The summed E-state index contributed by atoms with van der Waals surface area (Å²) in [7, 11) is 0. The Balaban J connectivity index is 2.06. The van der Waals surface area contributed by atoms with E-state index in [4.69, 9.17) is 0 Å². The van der Waals surface area contributed by atoms with Gasteiger partial charge in [0, 0.05) is 6.04 Å². The molecule has 1 aliphatic carbocycles. The Hall–Kier alpha value is -1.84. The second-order valence-corrected chi connectivity index (χ2v) is 5.54. The minimum absolute atomic E-state index is 0.355. The van der Waals surface area contributed by atoms with Gasteiger partial charge in [-0.1, -0.05) is 13.0 Å². The number of carbonyl (C=O) groups is 1. The largest absolute Gasteiger partial charge is 0.478 e. The quantitative estimate of drug-likeness (QED) is 0.897. The highest BCUT2D eigenvalue weighted by molar-refractivity contribution is 6.01. The van der Waals surface area contributed by atoms with E-state index in [1.54, 1.807) is 18.5 Å². The summed E-state index contributed by atoms with van der Waals surface area (Å²) in [6.45, 7) is 2.28. The Morgan fingerprint density at radius 1 is 1.32 bits per heavy atom. The molecule has 1 aromatic carbocycles. The first-order valence-electron chi connectivity index (χ1n) is 6.85. The topological polar surface area (TPSA) is 55.1 Å². The van der Waals surface area contributed by atoms with E-state index in [0.29, 0.717) is 11.6 Å². The SMILES string of the molecule is CC1CCC(n2cnc3cccc(C(=O)O)c32)CC1. The summed E-state index contributed by atoms with van der Waals surface area (Å²) in [5.41, 5.74) is 1.90. The smallest absolute Gasteiger partial charge is 0.337 e. The molecule has 100 valence electrons. The highest BCUT2D eigenvalue weighted by atomic mass is 16.4. The maximum Gasteiger partial charge on any atom is 0.337 e. The van der Waals surface area contributed by atoms with Crippen LogP contribution in [0.3, 0.4) is 0 Å². The lowest BCUT2D eigenvalue weighted by Gasteiger charge is -2.27. The van der Waals surface area contributed by atoms with E-state index in [9.17, 15) is 9.90 Å². The molecule has 0 unspecified atom stereocenters. The Morgan fingerprint density at radius 3 is 2.74 bits per heavy atom. The predicted molar refractivity (Wildman–Crippen MR) is 73.4 cm³/mol. The van der Waals surface area contributed by atoms with Gasteiger partial charge < -0.3 is 9.67 Å². The molecule has 1 aromatic heterocycles. The zero-order valence-electron chi connectivity index (χ0n) is 11.0. The summed E-state index contributed by atoms with van der Waals surface area (Å²) >= 11 is 0. The fourth-order valence-corrected chi connectivity index (χ4v) is 3.06. The van der Waals surface area contributed by atoms with Crippen molar-refractivity contribution in [3.63, 3.8) is 0 Å². The number of aromatic nitrogens is 2. The van der Waals surface area contributed by atoms with Crippen molar-refractivity contribution < 1.29 is 9.90 Å². The van der Waals surface area contributed by atoms with Crippen molar-refractivity contribution in [2.75, 3.05) is 0 Å². The van der Waals surface area contributed by atoms with Crippen LogP contribution in [0.1, 0.15) is 49.0 Å². The predicted octanol–water partition coefficient (Wildman–Crippen LogP) is 3.49. The maximum atomic E-state index is 11.4. The van der Waals surface area contributed by atoms with Crippen LogP contribution in [0.5, 0.6) is 0 Å². The third-order valence-corrected chi connectivity index (χ3v) is 4.20. The molecule has 4 nitrogen and oxygen atoms in total. The van der Waals surface area contributed by atoms with E-state index in [0.717, 1.165) is 29.8 Å². The Kier molecular flexibility index (Phi) is 3.01. The van der Waals surface area contributed by atoms with Crippen molar-refractivity contribution in [2.24, 2.45) is 5.92 Å². The molecule has 1 heterocycles. The molecule has 1 fully saturated rings. The molecule has 1 saturated carbocycles. The molecule has 0 saturated heterocycles. The molecule has 0 atom stereocenters. The number of benzene rings is 1. The van der Waals surface area contributed by atoms with Gasteiger partial charge in [-0.2, -0.15) is 0 Å². The lowest BCUT2D eigenvalue weighted by molar-refractivity contribution is 0.0698. The molecule has 0 bridgehead atoms. The van der Waals surface area contributed by atoms with Gasteiger partial charge in [0.05, 0.1) is 22.9 Å². The Labute approximate surface area is 112 Å². The number of aromatic carboxylic acids is 1. The fraction of sp³-hybridized carbons (Fsp3) is 0.467. The lowest BCUT2D eigenvalue weighted by atomic mass is 9.87. The van der Waals surface area contributed by atoms with E-state index in [1.165, 1.54) is 12.8 Å². The summed E-state index contributed by atoms with van der Waals surface area (Å²) in [5.74, 6) is -0.0958. The minimum atomic E-state index is -0.878. The molecular formula is C15H18N2O2. The van der Waals surface area contributed by atoms with Gasteiger partial charge in [0.25, 0.3) is 0 Å². The molecule has 0 radical (unpaired) electrons. The van der Waals surface area contributed by atoms with E-state index in [2.05, 4.69) is 16.5 Å². The third kappa shape index (κ3) is 2.11. The van der Waals surface area contributed by atoms with Gasteiger partial charge >= 0.3 is 5.97 Å². The number of rotatable bonds is 2. The van der Waals surface area contributed by atoms with Crippen LogP contribution in [0.2, 0.25) is 0 Å². The van der Waals surface area contributed by atoms with Crippen LogP contribution >= 0.6 is 0 Å². The summed E-state index contributed by atoms with van der Waals surface area (Å²) in [6.07, 6.45) is 6.44. The minimum Gasteiger partial charge on any atom is -0.478 e.